The van der Waals surface area contributed by atoms with Crippen LogP contribution < -0.4 is 0 Å². The third-order valence-electron chi connectivity index (χ3n) is 3.80. The van der Waals surface area contributed by atoms with Crippen LogP contribution in [0.25, 0.3) is 0 Å². The normalized spacial score (nSPS) is 11.6. The van der Waals surface area contributed by atoms with Crippen molar-refractivity contribution < 1.29 is 14.3 Å². The number of nitrogens with zero attached hydrogens (tertiary/aromatic N) is 2. The maximum Gasteiger partial charge on any atom is 0.307 e. The first-order valence-corrected chi connectivity index (χ1v) is 8.05. The second-order valence-electron chi connectivity index (χ2n) is 5.38. The average molecular weight is 326 g/mol. The fourth-order valence-corrected chi connectivity index (χ4v) is 2.49. The molecule has 2 rings (SSSR count). The van der Waals surface area contributed by atoms with E-state index in [0.29, 0.717) is 18.7 Å². The van der Waals surface area contributed by atoms with Crippen molar-refractivity contribution in [2.24, 2.45) is 0 Å². The van der Waals surface area contributed by atoms with Crippen LogP contribution in [0.2, 0.25) is 0 Å². The van der Waals surface area contributed by atoms with Gasteiger partial charge in [0.2, 0.25) is 0 Å². The van der Waals surface area contributed by atoms with Gasteiger partial charge >= 0.3 is 5.97 Å². The zero-order valence-electron chi connectivity index (χ0n) is 14.0. The molecule has 5 heteroatoms. The number of esters is 1. The fourth-order valence-electron chi connectivity index (χ4n) is 2.49. The first-order chi connectivity index (χ1) is 11.6. The largest absolute Gasteiger partial charge is 0.466 e. The second kappa shape index (κ2) is 8.82. The van der Waals surface area contributed by atoms with Crippen LogP contribution in [0.1, 0.15) is 42.2 Å². The van der Waals surface area contributed by atoms with Crippen LogP contribution in [0.15, 0.2) is 54.9 Å². The molecule has 0 N–H and O–H groups in total. The molecule has 0 radical (unpaired) electrons. The Hall–Kier alpha value is -2.69. The number of aromatic nitrogens is 1. The van der Waals surface area contributed by atoms with E-state index in [2.05, 4.69) is 4.98 Å². The van der Waals surface area contributed by atoms with Gasteiger partial charge in [-0.1, -0.05) is 30.3 Å². The fraction of sp³-hybridized carbons (Fsp3) is 0.316. The molecule has 1 aromatic heterocycles. The van der Waals surface area contributed by atoms with E-state index in [0.717, 1.165) is 5.56 Å². The van der Waals surface area contributed by atoms with Crippen molar-refractivity contribution in [1.82, 2.24) is 9.88 Å². The predicted molar refractivity (Wildman–Crippen MR) is 91.4 cm³/mol. The summed E-state index contributed by atoms with van der Waals surface area (Å²) in [5.74, 6) is -0.427. The van der Waals surface area contributed by atoms with Crippen LogP contribution in [0, 0.1) is 0 Å². The molecule has 1 amide bonds. The molecule has 1 atom stereocenters. The predicted octanol–water partition coefficient (Wildman–Crippen LogP) is 3.24. The zero-order valence-corrected chi connectivity index (χ0v) is 14.0. The van der Waals surface area contributed by atoms with Crippen molar-refractivity contribution in [3.05, 3.63) is 66.0 Å². The molecule has 0 bridgehead atoms. The molecule has 0 saturated carbocycles. The lowest BCUT2D eigenvalue weighted by molar-refractivity contribution is -0.143. The number of pyridine rings is 1. The Kier molecular flexibility index (Phi) is 6.49. The molecule has 5 nitrogen and oxygen atoms in total. The SMILES string of the molecule is CCOC(=O)CCN(C(=O)c1ccncc1)C(C)c1ccccc1. The summed E-state index contributed by atoms with van der Waals surface area (Å²) in [4.78, 5) is 30.2. The molecule has 24 heavy (non-hydrogen) atoms. The van der Waals surface area contributed by atoms with Gasteiger partial charge < -0.3 is 9.64 Å². The third kappa shape index (κ3) is 4.65. The van der Waals surface area contributed by atoms with Gasteiger partial charge in [-0.25, -0.2) is 0 Å². The van der Waals surface area contributed by atoms with Gasteiger partial charge in [0.15, 0.2) is 0 Å². The van der Waals surface area contributed by atoms with Crippen LogP contribution in [0.4, 0.5) is 0 Å². The molecule has 1 unspecified atom stereocenters. The second-order valence-corrected chi connectivity index (χ2v) is 5.38. The highest BCUT2D eigenvalue weighted by Crippen LogP contribution is 2.22. The summed E-state index contributed by atoms with van der Waals surface area (Å²) in [7, 11) is 0. The van der Waals surface area contributed by atoms with E-state index in [1.165, 1.54) is 0 Å². The van der Waals surface area contributed by atoms with Crippen molar-refractivity contribution in [2.75, 3.05) is 13.2 Å². The molecule has 0 saturated heterocycles. The maximum atomic E-state index is 12.9. The summed E-state index contributed by atoms with van der Waals surface area (Å²) in [6.07, 6.45) is 3.34. The molecule has 0 fully saturated rings. The van der Waals surface area contributed by atoms with Gasteiger partial charge in [0.25, 0.3) is 5.91 Å². The number of carbonyl (C=O) groups excluding carboxylic acids is 2. The van der Waals surface area contributed by atoms with E-state index in [4.69, 9.17) is 4.74 Å². The van der Waals surface area contributed by atoms with Gasteiger partial charge in [-0.05, 0) is 31.5 Å². The number of amides is 1. The topological polar surface area (TPSA) is 59.5 Å². The van der Waals surface area contributed by atoms with E-state index in [1.54, 1.807) is 36.4 Å². The lowest BCUT2D eigenvalue weighted by Gasteiger charge is -2.29. The summed E-state index contributed by atoms with van der Waals surface area (Å²) < 4.78 is 4.98. The van der Waals surface area contributed by atoms with Gasteiger partial charge in [-0.2, -0.15) is 0 Å². The van der Waals surface area contributed by atoms with Crippen molar-refractivity contribution in [1.29, 1.82) is 0 Å². The molecule has 1 heterocycles. The summed E-state index contributed by atoms with van der Waals surface area (Å²) in [6, 6.07) is 13.0. The third-order valence-corrected chi connectivity index (χ3v) is 3.80. The van der Waals surface area contributed by atoms with E-state index in [1.807, 2.05) is 37.3 Å². The van der Waals surface area contributed by atoms with E-state index in [-0.39, 0.29) is 24.3 Å². The minimum Gasteiger partial charge on any atom is -0.466 e. The Morgan fingerprint density at radius 1 is 1.12 bits per heavy atom. The summed E-state index contributed by atoms with van der Waals surface area (Å²) >= 11 is 0. The van der Waals surface area contributed by atoms with Crippen molar-refractivity contribution in [2.45, 2.75) is 26.3 Å². The molecule has 2 aromatic rings. The highest BCUT2D eigenvalue weighted by Gasteiger charge is 2.23. The summed E-state index contributed by atoms with van der Waals surface area (Å²) in [6.45, 7) is 4.37. The number of benzene rings is 1. The number of rotatable bonds is 7. The lowest BCUT2D eigenvalue weighted by atomic mass is 10.1. The number of ether oxygens (including phenoxy) is 1. The highest BCUT2D eigenvalue weighted by molar-refractivity contribution is 5.94. The van der Waals surface area contributed by atoms with E-state index in [9.17, 15) is 9.59 Å². The Bertz CT molecular complexity index is 659. The monoisotopic (exact) mass is 326 g/mol. The smallest absolute Gasteiger partial charge is 0.307 e. The Morgan fingerprint density at radius 2 is 1.79 bits per heavy atom. The van der Waals surface area contributed by atoms with Gasteiger partial charge in [0, 0.05) is 24.5 Å². The minimum atomic E-state index is -0.301. The highest BCUT2D eigenvalue weighted by atomic mass is 16.5. The molecule has 0 aliphatic rings. The van der Waals surface area contributed by atoms with E-state index < -0.39 is 0 Å². The van der Waals surface area contributed by atoms with Crippen LogP contribution in [-0.4, -0.2) is 34.9 Å². The number of carbonyl (C=O) groups is 2. The first-order valence-electron chi connectivity index (χ1n) is 8.05. The number of hydrogen-bond donors (Lipinski definition) is 0. The van der Waals surface area contributed by atoms with Crippen LogP contribution in [0.5, 0.6) is 0 Å². The van der Waals surface area contributed by atoms with Crippen molar-refractivity contribution in [3.8, 4) is 0 Å². The van der Waals surface area contributed by atoms with Crippen LogP contribution in [-0.2, 0) is 9.53 Å². The minimum absolute atomic E-state index is 0.127. The van der Waals surface area contributed by atoms with Crippen molar-refractivity contribution >= 4 is 11.9 Å². The number of hydrogen-bond acceptors (Lipinski definition) is 4. The average Bonchev–Trinajstić information content (AvgIpc) is 2.63. The van der Waals surface area contributed by atoms with Gasteiger partial charge in [-0.3, -0.25) is 14.6 Å². The lowest BCUT2D eigenvalue weighted by Crippen LogP contribution is -2.35. The maximum absolute atomic E-state index is 12.9. The molecular formula is C19H22N2O3. The molecule has 1 aromatic carbocycles. The van der Waals surface area contributed by atoms with Crippen molar-refractivity contribution in [3.63, 3.8) is 0 Å². The molecule has 0 spiro atoms. The molecule has 0 aliphatic carbocycles. The summed E-state index contributed by atoms with van der Waals surface area (Å²) in [5, 5.41) is 0. The van der Waals surface area contributed by atoms with Crippen LogP contribution >= 0.6 is 0 Å². The Morgan fingerprint density at radius 3 is 2.42 bits per heavy atom. The first kappa shape index (κ1) is 17.7. The molecule has 0 aliphatic heterocycles. The van der Waals surface area contributed by atoms with Gasteiger partial charge in [-0.15, -0.1) is 0 Å². The quantitative estimate of drug-likeness (QED) is 0.733. The molecular weight excluding hydrogens is 304 g/mol. The molecule has 126 valence electrons. The Labute approximate surface area is 142 Å². The summed E-state index contributed by atoms with van der Waals surface area (Å²) in [5.41, 5.74) is 1.57. The van der Waals surface area contributed by atoms with Gasteiger partial charge in [0.05, 0.1) is 19.1 Å². The standard InChI is InChI=1S/C19H22N2O3/c1-3-24-18(22)11-14-21(15(2)16-7-5-4-6-8-16)19(23)17-9-12-20-13-10-17/h4-10,12-13,15H,3,11,14H2,1-2H3. The van der Waals surface area contributed by atoms with Gasteiger partial charge in [0.1, 0.15) is 0 Å². The van der Waals surface area contributed by atoms with E-state index >= 15 is 0 Å². The van der Waals surface area contributed by atoms with Crippen LogP contribution in [0.3, 0.4) is 0 Å². The Balaban J connectivity index is 2.20. The zero-order chi connectivity index (χ0) is 17.4.